The van der Waals surface area contributed by atoms with E-state index in [2.05, 4.69) is 0 Å². The lowest BCUT2D eigenvalue weighted by atomic mass is 10.1. The van der Waals surface area contributed by atoms with Crippen molar-refractivity contribution in [3.63, 3.8) is 0 Å². The number of hydrogen-bond donors (Lipinski definition) is 3. The molecule has 1 saturated heterocycles. The summed E-state index contributed by atoms with van der Waals surface area (Å²) >= 11 is 0. The summed E-state index contributed by atoms with van der Waals surface area (Å²) in [5, 5.41) is 9.65. The maximum atomic E-state index is 12.7. The van der Waals surface area contributed by atoms with Gasteiger partial charge in [-0.3, -0.25) is 4.48 Å². The van der Waals surface area contributed by atoms with E-state index in [9.17, 15) is 9.90 Å². The van der Waals surface area contributed by atoms with E-state index in [0.717, 1.165) is 38.9 Å². The Hall–Kier alpha value is -1.59. The average Bonchev–Trinajstić information content (AvgIpc) is 2.89. The molecule has 0 aromatic heterocycles. The molecule has 0 atom stereocenters. The number of rotatable bonds is 4. The molecule has 0 radical (unpaired) electrons. The zero-order valence-electron chi connectivity index (χ0n) is 11.1. The largest absolute Gasteiger partial charge is 0.506 e. The molecule has 5 nitrogen and oxygen atoms in total. The number of phenols is 1. The van der Waals surface area contributed by atoms with Crippen molar-refractivity contribution < 1.29 is 14.4 Å². The second kappa shape index (κ2) is 5.59. The Kier molecular flexibility index (Phi) is 4.07. The lowest BCUT2D eigenvalue weighted by molar-refractivity contribution is -0.836. The molecule has 5 heteroatoms. The summed E-state index contributed by atoms with van der Waals surface area (Å²) in [4.78, 5) is 12.7. The fraction of sp³-hybridized carbons (Fsp3) is 0.500. The molecule has 19 heavy (non-hydrogen) atoms. The molecule has 1 aromatic carbocycles. The summed E-state index contributed by atoms with van der Waals surface area (Å²) in [7, 11) is 0. The van der Waals surface area contributed by atoms with Gasteiger partial charge in [0.1, 0.15) is 5.75 Å². The van der Waals surface area contributed by atoms with Gasteiger partial charge in [0.25, 0.3) is 0 Å². The van der Waals surface area contributed by atoms with Gasteiger partial charge in [-0.25, -0.2) is 4.79 Å². The summed E-state index contributed by atoms with van der Waals surface area (Å²) in [5.41, 5.74) is 12.0. The van der Waals surface area contributed by atoms with E-state index in [-0.39, 0.29) is 11.7 Å². The third kappa shape index (κ3) is 2.72. The van der Waals surface area contributed by atoms with Gasteiger partial charge in [0.15, 0.2) is 0 Å². The van der Waals surface area contributed by atoms with Crippen molar-refractivity contribution in [2.24, 2.45) is 5.73 Å². The monoisotopic (exact) mass is 264 g/mol. The summed E-state index contributed by atoms with van der Waals surface area (Å²) < 4.78 is 0.459. The number of amides is 1. The zero-order chi connectivity index (χ0) is 13.9. The molecule has 0 spiro atoms. The quantitative estimate of drug-likeness (QED) is 0.431. The number of likely N-dealkylation sites (tertiary alicyclic amines) is 1. The molecule has 1 aliphatic rings. The van der Waals surface area contributed by atoms with Gasteiger partial charge in [-0.05, 0) is 24.7 Å². The Morgan fingerprint density at radius 3 is 2.58 bits per heavy atom. The molecule has 5 N–H and O–H groups in total. The van der Waals surface area contributed by atoms with Crippen molar-refractivity contribution >= 4 is 11.6 Å². The van der Waals surface area contributed by atoms with Gasteiger partial charge in [-0.1, -0.05) is 0 Å². The van der Waals surface area contributed by atoms with Crippen molar-refractivity contribution in [2.75, 3.05) is 31.9 Å². The number of nitrogens with two attached hydrogens (primary N) is 2. The van der Waals surface area contributed by atoms with Crippen LogP contribution >= 0.6 is 0 Å². The van der Waals surface area contributed by atoms with Crippen LogP contribution in [-0.4, -0.2) is 41.7 Å². The maximum Gasteiger partial charge on any atom is 0.346 e. The molecular formula is C14H22N3O2+. The minimum absolute atomic E-state index is 0.0259. The Labute approximate surface area is 113 Å². The second-order valence-electron chi connectivity index (χ2n) is 5.24. The molecule has 0 unspecified atom stereocenters. The van der Waals surface area contributed by atoms with Crippen molar-refractivity contribution in [1.82, 2.24) is 0 Å². The summed E-state index contributed by atoms with van der Waals surface area (Å²) in [6, 6.07) is 4.74. The highest BCUT2D eigenvalue weighted by Crippen LogP contribution is 2.27. The molecule has 1 aliphatic heterocycles. The molecule has 0 bridgehead atoms. The Balaban J connectivity index is 2.26. The zero-order valence-corrected chi connectivity index (χ0v) is 11.1. The minimum atomic E-state index is -0.0259. The van der Waals surface area contributed by atoms with Crippen LogP contribution in [0.15, 0.2) is 18.2 Å². The highest BCUT2D eigenvalue weighted by molar-refractivity contribution is 5.90. The third-order valence-corrected chi connectivity index (χ3v) is 3.92. The normalized spacial score (nSPS) is 17.5. The van der Waals surface area contributed by atoms with E-state index in [1.807, 2.05) is 0 Å². The van der Waals surface area contributed by atoms with E-state index in [1.54, 1.807) is 12.1 Å². The molecule has 2 rings (SSSR count). The highest BCUT2D eigenvalue weighted by Gasteiger charge is 2.40. The van der Waals surface area contributed by atoms with Crippen LogP contribution in [0.25, 0.3) is 0 Å². The molecule has 1 aromatic rings. The van der Waals surface area contributed by atoms with Crippen LogP contribution in [0.1, 0.15) is 29.6 Å². The molecule has 0 saturated carbocycles. The predicted molar refractivity (Wildman–Crippen MR) is 74.6 cm³/mol. The number of phenolic OH excluding ortho intramolecular Hbond substituents is 1. The minimum Gasteiger partial charge on any atom is -0.506 e. The van der Waals surface area contributed by atoms with Gasteiger partial charge in [0.05, 0.1) is 30.9 Å². The van der Waals surface area contributed by atoms with Gasteiger partial charge < -0.3 is 16.6 Å². The number of carbonyl (C=O) groups is 1. The number of quaternary nitrogens is 1. The van der Waals surface area contributed by atoms with E-state index in [4.69, 9.17) is 11.5 Å². The van der Waals surface area contributed by atoms with Crippen LogP contribution in [0.3, 0.4) is 0 Å². The molecule has 1 heterocycles. The number of hydrogen-bond acceptors (Lipinski definition) is 4. The number of carbonyl (C=O) groups excluding carboxylic acids is 1. The number of aromatic hydroxyl groups is 1. The first-order chi connectivity index (χ1) is 9.09. The molecule has 0 aliphatic carbocycles. The van der Waals surface area contributed by atoms with Crippen molar-refractivity contribution in [2.45, 2.75) is 19.3 Å². The van der Waals surface area contributed by atoms with E-state index >= 15 is 0 Å². The smallest absolute Gasteiger partial charge is 0.346 e. The van der Waals surface area contributed by atoms with Crippen molar-refractivity contribution in [1.29, 1.82) is 0 Å². The van der Waals surface area contributed by atoms with Crippen LogP contribution in [0.2, 0.25) is 0 Å². The number of anilines is 1. The van der Waals surface area contributed by atoms with Crippen LogP contribution in [-0.2, 0) is 0 Å². The molecular weight excluding hydrogens is 242 g/mol. The third-order valence-electron chi connectivity index (χ3n) is 3.92. The second-order valence-corrected chi connectivity index (χ2v) is 5.24. The highest BCUT2D eigenvalue weighted by atomic mass is 16.3. The Morgan fingerprint density at radius 2 is 2.00 bits per heavy atom. The standard InChI is InChI=1S/C14H21N3O2/c15-6-3-9-17(7-1-2-8-17)14(19)11-4-5-12(16)13(18)10-11/h4-5,10H,1-3,6-9,15H2,(H2-,16,18,19)/p+1. The summed E-state index contributed by atoms with van der Waals surface area (Å²) in [5.74, 6) is 0.0447. The molecule has 1 amide bonds. The topological polar surface area (TPSA) is 89.3 Å². The fourth-order valence-electron chi connectivity index (χ4n) is 2.81. The summed E-state index contributed by atoms with van der Waals surface area (Å²) in [6.07, 6.45) is 2.97. The fourth-order valence-corrected chi connectivity index (χ4v) is 2.81. The first kappa shape index (κ1) is 13.8. The van der Waals surface area contributed by atoms with Crippen molar-refractivity contribution in [3.8, 4) is 5.75 Å². The van der Waals surface area contributed by atoms with Gasteiger partial charge in [0.2, 0.25) is 0 Å². The molecule has 104 valence electrons. The van der Waals surface area contributed by atoms with E-state index in [0.29, 0.717) is 22.3 Å². The SMILES string of the molecule is NCCC[N+]1(C(=O)c2ccc(N)c(O)c2)CCCC1. The maximum absolute atomic E-state index is 12.7. The van der Waals surface area contributed by atoms with Crippen LogP contribution < -0.4 is 11.5 Å². The van der Waals surface area contributed by atoms with Gasteiger partial charge in [-0.2, -0.15) is 0 Å². The predicted octanol–water partition coefficient (Wildman–Crippen LogP) is 1.07. The average molecular weight is 264 g/mol. The first-order valence-corrected chi connectivity index (χ1v) is 6.78. The molecule has 1 fully saturated rings. The van der Waals surface area contributed by atoms with Crippen LogP contribution in [0.4, 0.5) is 5.69 Å². The number of nitrogen functional groups attached to an aromatic ring is 1. The first-order valence-electron chi connectivity index (χ1n) is 6.78. The van der Waals surface area contributed by atoms with Gasteiger partial charge in [0, 0.05) is 19.3 Å². The van der Waals surface area contributed by atoms with Crippen molar-refractivity contribution in [3.05, 3.63) is 23.8 Å². The Bertz CT molecular complexity index is 468. The van der Waals surface area contributed by atoms with E-state index in [1.165, 1.54) is 6.07 Å². The van der Waals surface area contributed by atoms with Crippen LogP contribution in [0, 0.1) is 0 Å². The van der Waals surface area contributed by atoms with Crippen LogP contribution in [0.5, 0.6) is 5.75 Å². The Morgan fingerprint density at radius 1 is 1.32 bits per heavy atom. The van der Waals surface area contributed by atoms with E-state index < -0.39 is 0 Å². The number of benzene rings is 1. The van der Waals surface area contributed by atoms with Gasteiger partial charge >= 0.3 is 5.91 Å². The lowest BCUT2D eigenvalue weighted by Crippen LogP contribution is -2.51. The van der Waals surface area contributed by atoms with Gasteiger partial charge in [-0.15, -0.1) is 0 Å². The number of nitrogens with zero attached hydrogens (tertiary/aromatic N) is 1. The lowest BCUT2D eigenvalue weighted by Gasteiger charge is -2.31. The summed E-state index contributed by atoms with van der Waals surface area (Å²) in [6.45, 7) is 3.11.